The number of nitrogens with zero attached hydrogens (tertiary/aromatic N) is 1. The average molecular weight is 99.1 g/mol. The summed E-state index contributed by atoms with van der Waals surface area (Å²) in [7, 11) is 0. The molecular weight excluding hydrogens is 90.1 g/mol. The molecule has 0 saturated heterocycles. The van der Waals surface area contributed by atoms with Crippen LogP contribution in [0.1, 0.15) is 0 Å². The van der Waals surface area contributed by atoms with Gasteiger partial charge in [0.05, 0.1) is 12.6 Å². The van der Waals surface area contributed by atoms with Gasteiger partial charge >= 0.3 is 0 Å². The summed E-state index contributed by atoms with van der Waals surface area (Å²) in [5.41, 5.74) is 10.8. The van der Waals surface area contributed by atoms with Crippen molar-refractivity contribution in [2.45, 2.75) is 12.1 Å². The van der Waals surface area contributed by atoms with Crippen molar-refractivity contribution in [2.75, 3.05) is 6.54 Å². The van der Waals surface area contributed by atoms with E-state index in [1.165, 1.54) is 0 Å². The molecule has 3 heteroatoms. The van der Waals surface area contributed by atoms with E-state index in [2.05, 4.69) is 4.99 Å². The van der Waals surface area contributed by atoms with Crippen LogP contribution in [0.2, 0.25) is 0 Å². The second-order valence-corrected chi connectivity index (χ2v) is 1.76. The van der Waals surface area contributed by atoms with E-state index in [9.17, 15) is 0 Å². The molecule has 0 aliphatic carbocycles. The Kier molecular flexibility index (Phi) is 1.08. The summed E-state index contributed by atoms with van der Waals surface area (Å²) in [6.45, 7) is 0.696. The van der Waals surface area contributed by atoms with Crippen LogP contribution in [-0.2, 0) is 0 Å². The van der Waals surface area contributed by atoms with Gasteiger partial charge in [-0.05, 0) is 0 Å². The third-order valence-electron chi connectivity index (χ3n) is 1.09. The van der Waals surface area contributed by atoms with Crippen molar-refractivity contribution in [3.63, 3.8) is 0 Å². The molecule has 4 N–H and O–H groups in total. The Morgan fingerprint density at radius 3 is 2.43 bits per heavy atom. The fourth-order valence-corrected chi connectivity index (χ4v) is 0.537. The highest BCUT2D eigenvalue weighted by atomic mass is 14.9. The van der Waals surface area contributed by atoms with Crippen molar-refractivity contribution in [3.05, 3.63) is 0 Å². The monoisotopic (exact) mass is 99.1 g/mol. The standard InChI is InChI=1S/C4H9N3/c5-3-1-7-2-4(3)6/h1,3-4H,2,5-6H2/t3-,4+/m1/s1. The predicted octanol–water partition coefficient (Wildman–Crippen LogP) is -1.27. The second-order valence-electron chi connectivity index (χ2n) is 1.76. The number of hydrogen-bond acceptors (Lipinski definition) is 3. The molecule has 0 unspecified atom stereocenters. The summed E-state index contributed by atoms with van der Waals surface area (Å²) >= 11 is 0. The predicted molar refractivity (Wildman–Crippen MR) is 29.3 cm³/mol. The Balaban J connectivity index is 2.45. The molecule has 40 valence electrons. The SMILES string of the molecule is N[C@@H]1C=NC[C@@H]1N. The van der Waals surface area contributed by atoms with Gasteiger partial charge < -0.3 is 11.5 Å². The second kappa shape index (κ2) is 1.60. The minimum atomic E-state index is -0.000000000000000222. The van der Waals surface area contributed by atoms with E-state index in [0.717, 1.165) is 0 Å². The van der Waals surface area contributed by atoms with Crippen LogP contribution in [0.5, 0.6) is 0 Å². The van der Waals surface area contributed by atoms with Crippen LogP contribution in [-0.4, -0.2) is 24.8 Å². The summed E-state index contributed by atoms with van der Waals surface area (Å²) in [5, 5.41) is 0. The van der Waals surface area contributed by atoms with E-state index >= 15 is 0 Å². The normalized spacial score (nSPS) is 39.7. The van der Waals surface area contributed by atoms with E-state index in [0.29, 0.717) is 6.54 Å². The van der Waals surface area contributed by atoms with Crippen molar-refractivity contribution in [2.24, 2.45) is 16.5 Å². The van der Waals surface area contributed by atoms with Gasteiger partial charge in [-0.15, -0.1) is 0 Å². The first-order valence-corrected chi connectivity index (χ1v) is 2.32. The van der Waals surface area contributed by atoms with Gasteiger partial charge in [0.25, 0.3) is 0 Å². The molecule has 0 spiro atoms. The molecule has 0 amide bonds. The molecule has 1 rings (SSSR count). The molecule has 0 bridgehead atoms. The molecule has 0 saturated carbocycles. The summed E-state index contributed by atoms with van der Waals surface area (Å²) in [4.78, 5) is 3.87. The van der Waals surface area contributed by atoms with Crippen LogP contribution in [0.15, 0.2) is 4.99 Å². The van der Waals surface area contributed by atoms with Crippen LogP contribution >= 0.6 is 0 Å². The van der Waals surface area contributed by atoms with Crippen molar-refractivity contribution in [1.29, 1.82) is 0 Å². The highest BCUT2D eigenvalue weighted by Gasteiger charge is 2.13. The fourth-order valence-electron chi connectivity index (χ4n) is 0.537. The van der Waals surface area contributed by atoms with Gasteiger partial charge in [0.1, 0.15) is 0 Å². The summed E-state index contributed by atoms with van der Waals surface area (Å²) < 4.78 is 0. The molecule has 0 aromatic heterocycles. The minimum absolute atomic E-state index is 0.000000000000000222. The molecule has 3 nitrogen and oxygen atoms in total. The zero-order valence-electron chi connectivity index (χ0n) is 4.04. The van der Waals surface area contributed by atoms with Crippen LogP contribution < -0.4 is 11.5 Å². The number of nitrogens with two attached hydrogens (primary N) is 2. The minimum Gasteiger partial charge on any atom is -0.324 e. The number of rotatable bonds is 0. The molecule has 1 aliphatic rings. The molecule has 0 aromatic rings. The molecular formula is C4H9N3. The van der Waals surface area contributed by atoms with Crippen molar-refractivity contribution < 1.29 is 0 Å². The van der Waals surface area contributed by atoms with Crippen LogP contribution in [0.4, 0.5) is 0 Å². The van der Waals surface area contributed by atoms with Gasteiger partial charge in [-0.1, -0.05) is 0 Å². The summed E-state index contributed by atoms with van der Waals surface area (Å²) in [6, 6.07) is 0.0694. The first-order chi connectivity index (χ1) is 3.30. The van der Waals surface area contributed by atoms with E-state index in [-0.39, 0.29) is 12.1 Å². The zero-order valence-corrected chi connectivity index (χ0v) is 4.04. The van der Waals surface area contributed by atoms with E-state index in [1.807, 2.05) is 0 Å². The average Bonchev–Trinajstić information content (AvgIpc) is 1.91. The Hall–Kier alpha value is -0.410. The topological polar surface area (TPSA) is 64.4 Å². The lowest BCUT2D eigenvalue weighted by atomic mass is 10.2. The summed E-state index contributed by atoms with van der Waals surface area (Å²) in [5.74, 6) is 0. The fraction of sp³-hybridized carbons (Fsp3) is 0.750. The lowest BCUT2D eigenvalue weighted by Gasteiger charge is -2.03. The van der Waals surface area contributed by atoms with Crippen LogP contribution in [0.25, 0.3) is 0 Å². The van der Waals surface area contributed by atoms with Gasteiger partial charge in [-0.25, -0.2) is 0 Å². The van der Waals surface area contributed by atoms with E-state index in [1.54, 1.807) is 6.21 Å². The molecule has 7 heavy (non-hydrogen) atoms. The Morgan fingerprint density at radius 2 is 2.29 bits per heavy atom. The van der Waals surface area contributed by atoms with Gasteiger partial charge in [-0.2, -0.15) is 0 Å². The number of hydrogen-bond donors (Lipinski definition) is 2. The Labute approximate surface area is 42.4 Å². The summed E-state index contributed by atoms with van der Waals surface area (Å²) in [6.07, 6.45) is 1.70. The first-order valence-electron chi connectivity index (χ1n) is 2.32. The Morgan fingerprint density at radius 1 is 1.57 bits per heavy atom. The van der Waals surface area contributed by atoms with Crippen LogP contribution in [0, 0.1) is 0 Å². The van der Waals surface area contributed by atoms with Crippen molar-refractivity contribution in [3.8, 4) is 0 Å². The zero-order chi connectivity index (χ0) is 5.28. The van der Waals surface area contributed by atoms with Crippen molar-refractivity contribution >= 4 is 6.21 Å². The smallest absolute Gasteiger partial charge is 0.0567 e. The highest BCUT2D eigenvalue weighted by molar-refractivity contribution is 5.67. The number of aliphatic imine (C=N–C) groups is 1. The molecule has 0 fully saturated rings. The van der Waals surface area contributed by atoms with E-state index in [4.69, 9.17) is 11.5 Å². The third-order valence-corrected chi connectivity index (χ3v) is 1.09. The van der Waals surface area contributed by atoms with Crippen molar-refractivity contribution in [1.82, 2.24) is 0 Å². The molecule has 1 aliphatic heterocycles. The van der Waals surface area contributed by atoms with E-state index < -0.39 is 0 Å². The largest absolute Gasteiger partial charge is 0.324 e. The lowest BCUT2D eigenvalue weighted by Crippen LogP contribution is -2.40. The van der Waals surface area contributed by atoms with Gasteiger partial charge in [0, 0.05) is 12.3 Å². The maximum absolute atomic E-state index is 5.43. The maximum atomic E-state index is 5.43. The van der Waals surface area contributed by atoms with Crippen LogP contribution in [0.3, 0.4) is 0 Å². The lowest BCUT2D eigenvalue weighted by molar-refractivity contribution is 0.677. The third kappa shape index (κ3) is 0.783. The quantitative estimate of drug-likeness (QED) is 0.397. The van der Waals surface area contributed by atoms with Gasteiger partial charge in [0.2, 0.25) is 0 Å². The molecule has 0 radical (unpaired) electrons. The molecule has 2 atom stereocenters. The molecule has 1 heterocycles. The Bertz CT molecular complexity index is 88.9. The van der Waals surface area contributed by atoms with Gasteiger partial charge in [-0.3, -0.25) is 4.99 Å². The first kappa shape index (κ1) is 4.74. The highest BCUT2D eigenvalue weighted by Crippen LogP contribution is 1.91. The maximum Gasteiger partial charge on any atom is 0.0567 e. The van der Waals surface area contributed by atoms with Gasteiger partial charge in [0.15, 0.2) is 0 Å². The molecule has 0 aromatic carbocycles.